The normalized spacial score (nSPS) is 12.1. The highest BCUT2D eigenvalue weighted by molar-refractivity contribution is 5.27. The van der Waals surface area contributed by atoms with Crippen LogP contribution < -0.4 is 4.74 Å². The summed E-state index contributed by atoms with van der Waals surface area (Å²) in [5, 5.41) is 0. The first-order valence-electron chi connectivity index (χ1n) is 9.66. The summed E-state index contributed by atoms with van der Waals surface area (Å²) < 4.78 is 11.3. The molecule has 1 atom stereocenters. The van der Waals surface area contributed by atoms with Gasteiger partial charge in [0.2, 0.25) is 0 Å². The molecule has 2 heteroatoms. The quantitative estimate of drug-likeness (QED) is 0.281. The Bertz CT molecular complexity index is 410. The fraction of sp³-hybridized carbons (Fsp3) is 0.636. The second kappa shape index (κ2) is 14.1. The number of aryl methyl sites for hydroxylation is 1. The lowest BCUT2D eigenvalue weighted by atomic mass is 10.0. The summed E-state index contributed by atoms with van der Waals surface area (Å²) >= 11 is 0. The molecule has 0 radical (unpaired) electrons. The largest absolute Gasteiger partial charge is 0.493 e. The molecule has 0 N–H and O–H groups in total. The maximum absolute atomic E-state index is 5.83. The Balaban J connectivity index is 2.13. The smallest absolute Gasteiger partial charge is 0.119 e. The molecular formula is C22H36O2. The molecule has 2 nitrogen and oxygen atoms in total. The van der Waals surface area contributed by atoms with Gasteiger partial charge in [-0.1, -0.05) is 70.6 Å². The van der Waals surface area contributed by atoms with Gasteiger partial charge in [0.1, 0.15) is 5.75 Å². The summed E-state index contributed by atoms with van der Waals surface area (Å²) in [5.41, 5.74) is 1.42. The van der Waals surface area contributed by atoms with E-state index in [1.165, 1.54) is 56.9 Å². The standard InChI is InChI=1S/C22H36O2/c1-4-6-7-8-9-10-11-12-21-13-15-22(16-14-21)24-19-20(3)18-23-17-5-2/h5,13-16,20H,2,4,6-12,17-19H2,1,3H3. The lowest BCUT2D eigenvalue weighted by Gasteiger charge is -2.13. The van der Waals surface area contributed by atoms with Crippen LogP contribution >= 0.6 is 0 Å². The molecule has 0 fully saturated rings. The second-order valence-electron chi connectivity index (χ2n) is 6.76. The van der Waals surface area contributed by atoms with Crippen LogP contribution in [0.1, 0.15) is 64.4 Å². The van der Waals surface area contributed by atoms with Crippen LogP contribution in [-0.2, 0) is 11.2 Å². The molecule has 0 bridgehead atoms. The highest BCUT2D eigenvalue weighted by Gasteiger charge is 2.03. The maximum atomic E-state index is 5.83. The predicted octanol–water partition coefficient (Wildman–Crippen LogP) is 6.20. The molecular weight excluding hydrogens is 296 g/mol. The van der Waals surface area contributed by atoms with Crippen LogP contribution in [0.3, 0.4) is 0 Å². The van der Waals surface area contributed by atoms with Gasteiger partial charge < -0.3 is 9.47 Å². The molecule has 0 aromatic heterocycles. The number of ether oxygens (including phenoxy) is 2. The van der Waals surface area contributed by atoms with Crippen LogP contribution in [0.2, 0.25) is 0 Å². The lowest BCUT2D eigenvalue weighted by molar-refractivity contribution is 0.104. The molecule has 1 rings (SSSR count). The van der Waals surface area contributed by atoms with Crippen LogP contribution in [0.15, 0.2) is 36.9 Å². The van der Waals surface area contributed by atoms with Gasteiger partial charge in [-0.2, -0.15) is 0 Å². The van der Waals surface area contributed by atoms with E-state index in [2.05, 4.69) is 44.7 Å². The molecule has 1 aromatic rings. The van der Waals surface area contributed by atoms with E-state index in [1.54, 1.807) is 6.08 Å². The summed E-state index contributed by atoms with van der Waals surface area (Å²) in [6.45, 7) is 10.1. The van der Waals surface area contributed by atoms with E-state index in [-0.39, 0.29) is 0 Å². The number of hydrogen-bond acceptors (Lipinski definition) is 2. The van der Waals surface area contributed by atoms with Gasteiger partial charge in [-0.15, -0.1) is 6.58 Å². The third-order valence-electron chi connectivity index (χ3n) is 4.16. The first-order valence-corrected chi connectivity index (χ1v) is 9.66. The Morgan fingerprint density at radius 1 is 0.958 bits per heavy atom. The van der Waals surface area contributed by atoms with Crippen molar-refractivity contribution >= 4 is 0 Å². The van der Waals surface area contributed by atoms with Crippen molar-refractivity contribution in [2.24, 2.45) is 5.92 Å². The van der Waals surface area contributed by atoms with Gasteiger partial charge in [-0.3, -0.25) is 0 Å². The van der Waals surface area contributed by atoms with Crippen LogP contribution in [-0.4, -0.2) is 19.8 Å². The van der Waals surface area contributed by atoms with Crippen molar-refractivity contribution < 1.29 is 9.47 Å². The molecule has 24 heavy (non-hydrogen) atoms. The number of unbranched alkanes of at least 4 members (excludes halogenated alkanes) is 6. The molecule has 1 unspecified atom stereocenters. The molecule has 0 saturated carbocycles. The minimum Gasteiger partial charge on any atom is -0.493 e. The molecule has 0 heterocycles. The van der Waals surface area contributed by atoms with Crippen LogP contribution in [0, 0.1) is 5.92 Å². The number of hydrogen-bond donors (Lipinski definition) is 0. The molecule has 0 aliphatic rings. The topological polar surface area (TPSA) is 18.5 Å². The van der Waals surface area contributed by atoms with Crippen LogP contribution in [0.5, 0.6) is 5.75 Å². The highest BCUT2D eigenvalue weighted by atomic mass is 16.5. The van der Waals surface area contributed by atoms with Gasteiger partial charge in [-0.25, -0.2) is 0 Å². The van der Waals surface area contributed by atoms with Gasteiger partial charge in [0.25, 0.3) is 0 Å². The minimum absolute atomic E-state index is 0.386. The zero-order valence-electron chi connectivity index (χ0n) is 15.8. The average molecular weight is 333 g/mol. The fourth-order valence-corrected chi connectivity index (χ4v) is 2.68. The van der Waals surface area contributed by atoms with E-state index >= 15 is 0 Å². The molecule has 0 spiro atoms. The third kappa shape index (κ3) is 10.5. The van der Waals surface area contributed by atoms with Crippen molar-refractivity contribution in [2.75, 3.05) is 19.8 Å². The Hall–Kier alpha value is -1.28. The van der Waals surface area contributed by atoms with E-state index in [9.17, 15) is 0 Å². The highest BCUT2D eigenvalue weighted by Crippen LogP contribution is 2.16. The Morgan fingerprint density at radius 3 is 2.29 bits per heavy atom. The molecule has 1 aromatic carbocycles. The van der Waals surface area contributed by atoms with Crippen molar-refractivity contribution in [3.05, 3.63) is 42.5 Å². The van der Waals surface area contributed by atoms with E-state index in [0.29, 0.717) is 25.7 Å². The molecule has 0 aliphatic carbocycles. The Labute approximate surface area is 149 Å². The zero-order chi connectivity index (χ0) is 17.5. The van der Waals surface area contributed by atoms with Crippen molar-refractivity contribution in [2.45, 2.75) is 65.2 Å². The zero-order valence-corrected chi connectivity index (χ0v) is 15.8. The SMILES string of the molecule is C=CCOCC(C)COc1ccc(CCCCCCCCC)cc1. The van der Waals surface area contributed by atoms with E-state index in [0.717, 1.165) is 5.75 Å². The van der Waals surface area contributed by atoms with Crippen molar-refractivity contribution in [3.63, 3.8) is 0 Å². The first kappa shape index (κ1) is 20.8. The van der Waals surface area contributed by atoms with Gasteiger partial charge in [-0.05, 0) is 30.5 Å². The van der Waals surface area contributed by atoms with Crippen molar-refractivity contribution in [3.8, 4) is 5.75 Å². The summed E-state index contributed by atoms with van der Waals surface area (Å²) in [6, 6.07) is 8.58. The summed E-state index contributed by atoms with van der Waals surface area (Å²) in [7, 11) is 0. The van der Waals surface area contributed by atoms with Crippen molar-refractivity contribution in [1.29, 1.82) is 0 Å². The van der Waals surface area contributed by atoms with E-state index in [4.69, 9.17) is 9.47 Å². The first-order chi connectivity index (χ1) is 11.8. The van der Waals surface area contributed by atoms with E-state index in [1.807, 2.05) is 0 Å². The second-order valence-corrected chi connectivity index (χ2v) is 6.76. The summed E-state index contributed by atoms with van der Waals surface area (Å²) in [4.78, 5) is 0. The van der Waals surface area contributed by atoms with Crippen LogP contribution in [0.25, 0.3) is 0 Å². The number of rotatable bonds is 15. The Morgan fingerprint density at radius 2 is 1.62 bits per heavy atom. The minimum atomic E-state index is 0.386. The molecule has 0 saturated heterocycles. The Kier molecular flexibility index (Phi) is 12.2. The van der Waals surface area contributed by atoms with Gasteiger partial charge in [0, 0.05) is 5.92 Å². The van der Waals surface area contributed by atoms with E-state index < -0.39 is 0 Å². The monoisotopic (exact) mass is 332 g/mol. The molecule has 0 aliphatic heterocycles. The molecule has 0 amide bonds. The summed E-state index contributed by atoms with van der Waals surface area (Å²) in [6.07, 6.45) is 12.5. The van der Waals surface area contributed by atoms with Gasteiger partial charge in [0.15, 0.2) is 0 Å². The predicted molar refractivity (Wildman–Crippen MR) is 104 cm³/mol. The lowest BCUT2D eigenvalue weighted by Crippen LogP contribution is -2.14. The van der Waals surface area contributed by atoms with Crippen LogP contribution in [0.4, 0.5) is 0 Å². The van der Waals surface area contributed by atoms with Crippen molar-refractivity contribution in [1.82, 2.24) is 0 Å². The maximum Gasteiger partial charge on any atom is 0.119 e. The summed E-state index contributed by atoms with van der Waals surface area (Å²) in [5.74, 6) is 1.34. The van der Waals surface area contributed by atoms with Gasteiger partial charge >= 0.3 is 0 Å². The third-order valence-corrected chi connectivity index (χ3v) is 4.16. The average Bonchev–Trinajstić information content (AvgIpc) is 2.60. The fourth-order valence-electron chi connectivity index (χ4n) is 2.68. The number of benzene rings is 1. The molecule has 136 valence electrons. The van der Waals surface area contributed by atoms with Gasteiger partial charge in [0.05, 0.1) is 19.8 Å².